The first-order valence-corrected chi connectivity index (χ1v) is 6.97. The Morgan fingerprint density at radius 2 is 1.75 bits per heavy atom. The lowest BCUT2D eigenvalue weighted by Crippen LogP contribution is -2.20. The topological polar surface area (TPSA) is 30.5 Å². The Balaban J connectivity index is 1.82. The third kappa shape index (κ3) is 2.78. The standard InChI is InChI=1S/C17H19NO2/c1-18-15(11-13-5-3-2-4-6-13)14-7-8-16-17(12-14)20-10-9-19-16/h2-8,12,15,18H,9-11H2,1H3. The fourth-order valence-corrected chi connectivity index (χ4v) is 2.51. The molecular weight excluding hydrogens is 250 g/mol. The van der Waals surface area contributed by atoms with Crippen LogP contribution in [0.15, 0.2) is 48.5 Å². The average molecular weight is 269 g/mol. The molecule has 20 heavy (non-hydrogen) atoms. The number of benzene rings is 2. The summed E-state index contributed by atoms with van der Waals surface area (Å²) in [5, 5.41) is 3.38. The van der Waals surface area contributed by atoms with Gasteiger partial charge in [-0.1, -0.05) is 36.4 Å². The second-order valence-corrected chi connectivity index (χ2v) is 4.93. The number of likely N-dealkylation sites (N-methyl/N-ethyl adjacent to an activating group) is 1. The van der Waals surface area contributed by atoms with E-state index in [1.54, 1.807) is 0 Å². The molecule has 3 rings (SSSR count). The van der Waals surface area contributed by atoms with Gasteiger partial charge in [0.2, 0.25) is 0 Å². The second-order valence-electron chi connectivity index (χ2n) is 4.93. The number of hydrogen-bond acceptors (Lipinski definition) is 3. The molecule has 1 N–H and O–H groups in total. The number of nitrogens with one attached hydrogen (secondary N) is 1. The van der Waals surface area contributed by atoms with Crippen molar-refractivity contribution in [2.45, 2.75) is 12.5 Å². The largest absolute Gasteiger partial charge is 0.486 e. The van der Waals surface area contributed by atoms with E-state index < -0.39 is 0 Å². The molecule has 0 saturated carbocycles. The van der Waals surface area contributed by atoms with Gasteiger partial charge in [-0.2, -0.15) is 0 Å². The summed E-state index contributed by atoms with van der Waals surface area (Å²) in [5.74, 6) is 1.69. The first-order chi connectivity index (χ1) is 9.86. The van der Waals surface area contributed by atoms with Crippen molar-refractivity contribution in [3.63, 3.8) is 0 Å². The van der Waals surface area contributed by atoms with E-state index in [2.05, 4.69) is 41.7 Å². The van der Waals surface area contributed by atoms with Gasteiger partial charge < -0.3 is 14.8 Å². The summed E-state index contributed by atoms with van der Waals surface area (Å²) in [6, 6.07) is 17.0. The molecule has 0 aliphatic carbocycles. The zero-order chi connectivity index (χ0) is 13.8. The predicted octanol–water partition coefficient (Wildman–Crippen LogP) is 2.96. The van der Waals surface area contributed by atoms with Crippen molar-refractivity contribution in [1.29, 1.82) is 0 Å². The van der Waals surface area contributed by atoms with Crippen LogP contribution in [-0.4, -0.2) is 20.3 Å². The Bertz CT molecular complexity index is 568. The fourth-order valence-electron chi connectivity index (χ4n) is 2.51. The smallest absolute Gasteiger partial charge is 0.161 e. The van der Waals surface area contributed by atoms with Crippen LogP contribution in [0.25, 0.3) is 0 Å². The summed E-state index contributed by atoms with van der Waals surface area (Å²) >= 11 is 0. The van der Waals surface area contributed by atoms with Gasteiger partial charge in [0.25, 0.3) is 0 Å². The van der Waals surface area contributed by atoms with Gasteiger partial charge in [0.1, 0.15) is 13.2 Å². The molecule has 0 amide bonds. The monoisotopic (exact) mass is 269 g/mol. The molecule has 1 aliphatic heterocycles. The normalized spacial score (nSPS) is 14.8. The van der Waals surface area contributed by atoms with Gasteiger partial charge in [-0.15, -0.1) is 0 Å². The SMILES string of the molecule is CNC(Cc1ccccc1)c1ccc2c(c1)OCCO2. The molecule has 1 heterocycles. The van der Waals surface area contributed by atoms with Crippen molar-refractivity contribution >= 4 is 0 Å². The Morgan fingerprint density at radius 1 is 1.00 bits per heavy atom. The van der Waals surface area contributed by atoms with Crippen molar-refractivity contribution in [2.24, 2.45) is 0 Å². The molecule has 0 saturated heterocycles. The van der Waals surface area contributed by atoms with E-state index in [0.29, 0.717) is 13.2 Å². The Morgan fingerprint density at radius 3 is 2.50 bits per heavy atom. The van der Waals surface area contributed by atoms with Crippen LogP contribution < -0.4 is 14.8 Å². The molecule has 0 bridgehead atoms. The van der Waals surface area contributed by atoms with E-state index in [9.17, 15) is 0 Å². The molecular formula is C17H19NO2. The maximum atomic E-state index is 5.66. The highest BCUT2D eigenvalue weighted by molar-refractivity contribution is 5.45. The minimum Gasteiger partial charge on any atom is -0.486 e. The maximum absolute atomic E-state index is 5.66. The molecule has 3 nitrogen and oxygen atoms in total. The van der Waals surface area contributed by atoms with E-state index in [0.717, 1.165) is 17.9 Å². The van der Waals surface area contributed by atoms with E-state index >= 15 is 0 Å². The van der Waals surface area contributed by atoms with Crippen LogP contribution in [0.2, 0.25) is 0 Å². The summed E-state index contributed by atoms with van der Waals surface area (Å²) in [7, 11) is 1.99. The van der Waals surface area contributed by atoms with Gasteiger partial charge in [0, 0.05) is 6.04 Å². The fraction of sp³-hybridized carbons (Fsp3) is 0.294. The summed E-state index contributed by atoms with van der Waals surface area (Å²) in [4.78, 5) is 0. The summed E-state index contributed by atoms with van der Waals surface area (Å²) < 4.78 is 11.2. The molecule has 2 aromatic carbocycles. The van der Waals surface area contributed by atoms with Crippen molar-refractivity contribution in [2.75, 3.05) is 20.3 Å². The van der Waals surface area contributed by atoms with Crippen molar-refractivity contribution < 1.29 is 9.47 Å². The third-order valence-electron chi connectivity index (χ3n) is 3.60. The second kappa shape index (κ2) is 5.97. The van der Waals surface area contributed by atoms with Gasteiger partial charge in [0.15, 0.2) is 11.5 Å². The van der Waals surface area contributed by atoms with Crippen molar-refractivity contribution in [3.05, 3.63) is 59.7 Å². The molecule has 0 radical (unpaired) electrons. The zero-order valence-corrected chi connectivity index (χ0v) is 11.6. The van der Waals surface area contributed by atoms with Crippen LogP contribution >= 0.6 is 0 Å². The number of ether oxygens (including phenoxy) is 2. The number of hydrogen-bond donors (Lipinski definition) is 1. The number of rotatable bonds is 4. The third-order valence-corrected chi connectivity index (χ3v) is 3.60. The van der Waals surface area contributed by atoms with E-state index in [1.807, 2.05) is 19.2 Å². The summed E-state index contributed by atoms with van der Waals surface area (Å²) in [5.41, 5.74) is 2.54. The molecule has 2 aromatic rings. The minimum atomic E-state index is 0.272. The molecule has 104 valence electrons. The lowest BCUT2D eigenvalue weighted by atomic mass is 9.98. The van der Waals surface area contributed by atoms with Gasteiger partial charge >= 0.3 is 0 Å². The Hall–Kier alpha value is -2.00. The maximum Gasteiger partial charge on any atom is 0.161 e. The van der Waals surface area contributed by atoms with E-state index in [-0.39, 0.29) is 6.04 Å². The first-order valence-electron chi connectivity index (χ1n) is 6.97. The molecule has 0 spiro atoms. The van der Waals surface area contributed by atoms with E-state index in [4.69, 9.17) is 9.47 Å². The molecule has 1 atom stereocenters. The van der Waals surface area contributed by atoms with Crippen LogP contribution in [-0.2, 0) is 6.42 Å². The van der Waals surface area contributed by atoms with Gasteiger partial charge in [-0.05, 0) is 36.7 Å². The van der Waals surface area contributed by atoms with Crippen LogP contribution in [0, 0.1) is 0 Å². The molecule has 1 unspecified atom stereocenters. The average Bonchev–Trinajstić information content (AvgIpc) is 2.53. The van der Waals surface area contributed by atoms with Gasteiger partial charge in [-0.25, -0.2) is 0 Å². The summed E-state index contributed by atoms with van der Waals surface area (Å²) in [6.07, 6.45) is 0.955. The predicted molar refractivity (Wildman–Crippen MR) is 79.4 cm³/mol. The van der Waals surface area contributed by atoms with Crippen LogP contribution in [0.3, 0.4) is 0 Å². The minimum absolute atomic E-state index is 0.272. The zero-order valence-electron chi connectivity index (χ0n) is 11.6. The molecule has 1 aliphatic rings. The van der Waals surface area contributed by atoms with Gasteiger partial charge in [-0.3, -0.25) is 0 Å². The Kier molecular flexibility index (Phi) is 3.88. The molecule has 0 aromatic heterocycles. The quantitative estimate of drug-likeness (QED) is 0.925. The van der Waals surface area contributed by atoms with Crippen LogP contribution in [0.4, 0.5) is 0 Å². The summed E-state index contributed by atoms with van der Waals surface area (Å²) in [6.45, 7) is 1.26. The first kappa shape index (κ1) is 13.0. The lowest BCUT2D eigenvalue weighted by molar-refractivity contribution is 0.171. The van der Waals surface area contributed by atoms with Crippen molar-refractivity contribution in [1.82, 2.24) is 5.32 Å². The molecule has 3 heteroatoms. The highest BCUT2D eigenvalue weighted by Crippen LogP contribution is 2.33. The van der Waals surface area contributed by atoms with Gasteiger partial charge in [0.05, 0.1) is 0 Å². The number of fused-ring (bicyclic) bond motifs is 1. The highest BCUT2D eigenvalue weighted by Gasteiger charge is 2.16. The highest BCUT2D eigenvalue weighted by atomic mass is 16.6. The molecule has 0 fully saturated rings. The van der Waals surface area contributed by atoms with Crippen LogP contribution in [0.1, 0.15) is 17.2 Å². The van der Waals surface area contributed by atoms with Crippen molar-refractivity contribution in [3.8, 4) is 11.5 Å². The Labute approximate surface area is 119 Å². The lowest BCUT2D eigenvalue weighted by Gasteiger charge is -2.22. The van der Waals surface area contributed by atoms with E-state index in [1.165, 1.54) is 11.1 Å². The van der Waals surface area contributed by atoms with Crippen LogP contribution in [0.5, 0.6) is 11.5 Å².